The van der Waals surface area contributed by atoms with E-state index in [1.165, 1.54) is 35.2 Å². The Morgan fingerprint density at radius 3 is 2.45 bits per heavy atom. The standard InChI is InChI=1S/C52H60ClF3N10O6S2/c1-33-34(2)73-51-48(33)49(36-12-14-37(53)15-13-36)60-44(50-62-61-35(3)66(50)51)31-47(67)58-21-25-71-27-28-72-26-24-64(5)74(68,69)40-16-17-43(46(30-40)70-6)57-20-8-9-39-29-41-42(59-38-18-22-63(4)23-19-38)10-7-11-45(41)65(39)32-52(54,55)56/h7,10-17,29-30,38,44,57,59H,18-28,31-32H2,1-6H3,(H,58,67)/t44-/m0/s1. The van der Waals surface area contributed by atoms with E-state index in [9.17, 15) is 26.4 Å². The molecule has 3 N–H and O–H groups in total. The van der Waals surface area contributed by atoms with Gasteiger partial charge in [-0.05, 0) is 108 Å². The molecule has 0 unspecified atom stereocenters. The van der Waals surface area contributed by atoms with E-state index in [1.54, 1.807) is 35.6 Å². The molecule has 22 heteroatoms. The van der Waals surface area contributed by atoms with Crippen LogP contribution < -0.4 is 20.7 Å². The van der Waals surface area contributed by atoms with Gasteiger partial charge in [-0.25, -0.2) is 8.42 Å². The van der Waals surface area contributed by atoms with Crippen LogP contribution in [0.2, 0.25) is 5.02 Å². The van der Waals surface area contributed by atoms with Crippen molar-refractivity contribution in [3.05, 3.63) is 111 Å². The number of halogens is 4. The van der Waals surface area contributed by atoms with Gasteiger partial charge in [-0.1, -0.05) is 35.7 Å². The van der Waals surface area contributed by atoms with Crippen LogP contribution in [0.5, 0.6) is 5.75 Å². The summed E-state index contributed by atoms with van der Waals surface area (Å²) in [4.78, 5) is 21.9. The van der Waals surface area contributed by atoms with Crippen LogP contribution in [0.25, 0.3) is 15.9 Å². The number of carbonyl (C=O) groups is 1. The number of anilines is 2. The van der Waals surface area contributed by atoms with Crippen LogP contribution in [0, 0.1) is 32.6 Å². The largest absolute Gasteiger partial charge is 0.495 e. The quantitative estimate of drug-likeness (QED) is 0.0498. The Bertz CT molecular complexity index is 3170. The summed E-state index contributed by atoms with van der Waals surface area (Å²) < 4.78 is 89.8. The number of methoxy groups -OCH3 is 1. The summed E-state index contributed by atoms with van der Waals surface area (Å²) in [5, 5.41) is 20.6. The highest BCUT2D eigenvalue weighted by molar-refractivity contribution is 7.89. The maximum atomic E-state index is 13.8. The number of aliphatic imine (C=N–C) groups is 1. The van der Waals surface area contributed by atoms with Crippen molar-refractivity contribution in [2.24, 2.45) is 4.99 Å². The van der Waals surface area contributed by atoms with Crippen LogP contribution in [0.15, 0.2) is 76.6 Å². The summed E-state index contributed by atoms with van der Waals surface area (Å²) in [7, 11) is 0.979. The Morgan fingerprint density at radius 1 is 0.973 bits per heavy atom. The summed E-state index contributed by atoms with van der Waals surface area (Å²) in [6.45, 7) is 7.80. The van der Waals surface area contributed by atoms with E-state index in [4.69, 9.17) is 30.8 Å². The predicted octanol–water partition coefficient (Wildman–Crippen LogP) is 8.16. The van der Waals surface area contributed by atoms with Crippen LogP contribution in [-0.4, -0.2) is 141 Å². The van der Waals surface area contributed by atoms with Crippen molar-refractivity contribution in [1.82, 2.24) is 33.9 Å². The lowest BCUT2D eigenvalue weighted by atomic mass is 9.99. The van der Waals surface area contributed by atoms with Gasteiger partial charge in [0.2, 0.25) is 15.9 Å². The molecule has 1 fully saturated rings. The second-order valence-electron chi connectivity index (χ2n) is 18.2. The maximum absolute atomic E-state index is 13.8. The van der Waals surface area contributed by atoms with Crippen molar-refractivity contribution in [3.8, 4) is 22.6 Å². The van der Waals surface area contributed by atoms with Gasteiger partial charge in [0, 0.05) is 64.3 Å². The molecule has 3 aromatic carbocycles. The third-order valence-electron chi connectivity index (χ3n) is 13.1. The number of amides is 1. The van der Waals surface area contributed by atoms with Gasteiger partial charge < -0.3 is 39.6 Å². The second-order valence-corrected chi connectivity index (χ2v) is 21.9. The topological polar surface area (TPSA) is 169 Å². The number of piperidine rings is 1. The smallest absolute Gasteiger partial charge is 0.406 e. The Morgan fingerprint density at radius 2 is 1.72 bits per heavy atom. The van der Waals surface area contributed by atoms with E-state index >= 15 is 0 Å². The minimum Gasteiger partial charge on any atom is -0.495 e. The molecule has 0 bridgehead atoms. The Kier molecular flexibility index (Phi) is 17.4. The van der Waals surface area contributed by atoms with Gasteiger partial charge in [0.05, 0.1) is 74.0 Å². The molecule has 2 aliphatic rings. The summed E-state index contributed by atoms with van der Waals surface area (Å²) in [6.07, 6.45) is -2.57. The number of aromatic nitrogens is 4. The lowest BCUT2D eigenvalue weighted by Gasteiger charge is -2.30. The van der Waals surface area contributed by atoms with E-state index < -0.39 is 28.8 Å². The van der Waals surface area contributed by atoms with Gasteiger partial charge in [-0.2, -0.15) is 17.5 Å². The number of alkyl halides is 3. The van der Waals surface area contributed by atoms with Gasteiger partial charge in [0.1, 0.15) is 29.2 Å². The fraction of sp³-hybridized carbons (Fsp3) is 0.423. The van der Waals surface area contributed by atoms with Crippen LogP contribution in [0.1, 0.15) is 64.2 Å². The van der Waals surface area contributed by atoms with Crippen LogP contribution in [0.4, 0.5) is 24.5 Å². The molecular weight excluding hydrogens is 1020 g/mol. The van der Waals surface area contributed by atoms with Crippen LogP contribution in [0.3, 0.4) is 0 Å². The summed E-state index contributed by atoms with van der Waals surface area (Å²) in [6, 6.07) is 18.5. The summed E-state index contributed by atoms with van der Waals surface area (Å²) >= 11 is 7.87. The van der Waals surface area contributed by atoms with Gasteiger partial charge >= 0.3 is 6.18 Å². The Balaban J connectivity index is 0.786. The number of likely N-dealkylation sites (tertiary alicyclic amines) is 1. The zero-order valence-corrected chi connectivity index (χ0v) is 44.5. The lowest BCUT2D eigenvalue weighted by Crippen LogP contribution is -2.36. The minimum absolute atomic E-state index is 0.00767. The SMILES string of the molecule is COc1cc(S(=O)(=O)N(C)CCOCCOCCNC(=O)C[C@@H]2N=C(c3ccc(Cl)cc3)c3c(sc(C)c3C)-n3c(C)nnc32)ccc1NCC#Cc1cc2c(NC3CCN(C)CC3)cccc2n1CC(F)(F)F. The van der Waals surface area contributed by atoms with E-state index in [0.29, 0.717) is 33.3 Å². The average Bonchev–Trinajstić information content (AvgIpc) is 3.99. The molecule has 8 rings (SSSR count). The van der Waals surface area contributed by atoms with Crippen molar-refractivity contribution >= 4 is 66.9 Å². The van der Waals surface area contributed by atoms with Gasteiger partial charge in [0.25, 0.3) is 0 Å². The van der Waals surface area contributed by atoms with Crippen molar-refractivity contribution in [2.45, 2.75) is 69.7 Å². The third kappa shape index (κ3) is 12.7. The molecule has 0 aliphatic carbocycles. The van der Waals surface area contributed by atoms with Crippen molar-refractivity contribution < 1.29 is 40.6 Å². The zero-order chi connectivity index (χ0) is 52.7. The number of hydrogen-bond donors (Lipinski definition) is 3. The molecule has 1 saturated heterocycles. The molecule has 16 nitrogen and oxygen atoms in total. The minimum atomic E-state index is -4.47. The number of benzene rings is 3. The molecule has 6 aromatic rings. The summed E-state index contributed by atoms with van der Waals surface area (Å²) in [5.41, 5.74) is 5.60. The van der Waals surface area contributed by atoms with E-state index in [-0.39, 0.29) is 80.8 Å². The monoisotopic (exact) mass is 1080 g/mol. The first kappa shape index (κ1) is 54.3. The van der Waals surface area contributed by atoms with Gasteiger partial charge in [0.15, 0.2) is 5.82 Å². The number of nitrogens with one attached hydrogen (secondary N) is 3. The number of ether oxygens (including phenoxy) is 3. The Labute approximate surface area is 438 Å². The normalized spacial score (nSPS) is 15.3. The second kappa shape index (κ2) is 23.7. The number of fused-ring (bicyclic) bond motifs is 4. The molecule has 3 aromatic heterocycles. The molecule has 5 heterocycles. The number of aryl methyl sites for hydroxylation is 2. The van der Waals surface area contributed by atoms with E-state index in [0.717, 1.165) is 63.9 Å². The van der Waals surface area contributed by atoms with E-state index in [1.807, 2.05) is 41.8 Å². The first-order valence-corrected chi connectivity index (χ1v) is 26.8. The van der Waals surface area contributed by atoms with Crippen molar-refractivity contribution in [2.75, 3.05) is 91.0 Å². The van der Waals surface area contributed by atoms with Gasteiger partial charge in [-0.3, -0.25) is 14.4 Å². The fourth-order valence-electron chi connectivity index (χ4n) is 8.95. The third-order valence-corrected chi connectivity index (χ3v) is 16.4. The molecule has 394 valence electrons. The highest BCUT2D eigenvalue weighted by atomic mass is 35.5. The predicted molar refractivity (Wildman–Crippen MR) is 283 cm³/mol. The number of thiophene rings is 1. The maximum Gasteiger partial charge on any atom is 0.406 e. The molecule has 2 aliphatic heterocycles. The zero-order valence-electron chi connectivity index (χ0n) is 42.1. The Hall–Kier alpha value is -5.99. The molecule has 0 spiro atoms. The molecule has 74 heavy (non-hydrogen) atoms. The number of likely N-dealkylation sites (N-methyl/N-ethyl adjacent to an activating group) is 1. The molecule has 0 saturated carbocycles. The summed E-state index contributed by atoms with van der Waals surface area (Å²) in [5.74, 6) is 7.15. The van der Waals surface area contributed by atoms with Crippen LogP contribution in [-0.2, 0) is 30.8 Å². The van der Waals surface area contributed by atoms with E-state index in [2.05, 4.69) is 63.8 Å². The highest BCUT2D eigenvalue weighted by Crippen LogP contribution is 2.40. The molecule has 1 amide bonds. The van der Waals surface area contributed by atoms with Gasteiger partial charge in [-0.15, -0.1) is 21.5 Å². The van der Waals surface area contributed by atoms with Crippen LogP contribution >= 0.6 is 22.9 Å². The number of rotatable bonds is 20. The van der Waals surface area contributed by atoms with Crippen molar-refractivity contribution in [3.63, 3.8) is 0 Å². The highest BCUT2D eigenvalue weighted by Gasteiger charge is 2.33. The number of carbonyl (C=O) groups excluding carboxylic acids is 1. The number of hydrogen-bond acceptors (Lipinski definition) is 13. The van der Waals surface area contributed by atoms with Crippen molar-refractivity contribution in [1.29, 1.82) is 0 Å². The average molecular weight is 1080 g/mol. The fourth-order valence-corrected chi connectivity index (χ4v) is 11.5. The molecule has 0 radical (unpaired) electrons. The number of sulfonamides is 1. The number of nitrogens with zero attached hydrogens (tertiary/aromatic N) is 7. The first-order valence-electron chi connectivity index (χ1n) is 24.2. The first-order chi connectivity index (χ1) is 35.4. The molecular formula is C52H60ClF3N10O6S2. The molecule has 1 atom stereocenters. The lowest BCUT2D eigenvalue weighted by molar-refractivity contribution is -0.140.